The van der Waals surface area contributed by atoms with Gasteiger partial charge in [0.05, 0.1) is 0 Å². The third-order valence-electron chi connectivity index (χ3n) is 2.31. The molecule has 1 nitrogen and oxygen atoms in total. The Balaban J connectivity index is 0.000000917. The molecule has 2 rings (SSSR count). The zero-order valence-electron chi connectivity index (χ0n) is 10.3. The molecule has 1 heterocycles. The minimum absolute atomic E-state index is 0. The van der Waals surface area contributed by atoms with Crippen molar-refractivity contribution in [2.75, 3.05) is 0 Å². The number of rotatable bonds is 0. The van der Waals surface area contributed by atoms with Crippen LogP contribution in [0.25, 0.3) is 11.0 Å². The van der Waals surface area contributed by atoms with Crippen molar-refractivity contribution in [3.05, 3.63) is 35.1 Å². The molecule has 0 atom stereocenters. The van der Waals surface area contributed by atoms with E-state index < -0.39 is 11.7 Å². The van der Waals surface area contributed by atoms with Gasteiger partial charge < -0.3 is 4.42 Å². The van der Waals surface area contributed by atoms with Crippen molar-refractivity contribution < 1.29 is 17.6 Å². The molecule has 18 heavy (non-hydrogen) atoms. The summed E-state index contributed by atoms with van der Waals surface area (Å²) in [5, 5.41) is 0.139. The second-order valence-electron chi connectivity index (χ2n) is 3.61. The van der Waals surface area contributed by atoms with Crippen molar-refractivity contribution >= 4 is 11.0 Å². The van der Waals surface area contributed by atoms with Gasteiger partial charge in [0.1, 0.15) is 17.4 Å². The van der Waals surface area contributed by atoms with Crippen LogP contribution in [0.5, 0.6) is 0 Å². The van der Waals surface area contributed by atoms with E-state index in [2.05, 4.69) is 0 Å². The number of hydrogen-bond donors (Lipinski definition) is 0. The van der Waals surface area contributed by atoms with Gasteiger partial charge in [-0.05, 0) is 31.0 Å². The predicted octanol–water partition coefficient (Wildman–Crippen LogP) is 5.73. The van der Waals surface area contributed by atoms with E-state index in [-0.39, 0.29) is 12.8 Å². The smallest absolute Gasteiger partial charge is 0.420 e. The van der Waals surface area contributed by atoms with Gasteiger partial charge in [-0.1, -0.05) is 27.3 Å². The van der Waals surface area contributed by atoms with Crippen LogP contribution in [-0.2, 0) is 6.18 Å². The van der Waals surface area contributed by atoms with Gasteiger partial charge in [0.25, 0.3) is 0 Å². The molecule has 0 bridgehead atoms. The number of alkyl halides is 3. The van der Waals surface area contributed by atoms with Crippen LogP contribution in [0.4, 0.5) is 13.2 Å². The van der Waals surface area contributed by atoms with Gasteiger partial charge in [0, 0.05) is 5.39 Å². The fourth-order valence-electron chi connectivity index (χ4n) is 1.71. The molecule has 1 aromatic carbocycles. The lowest BCUT2D eigenvalue weighted by atomic mass is 10.1. The minimum Gasteiger partial charge on any atom is -0.463 e. The van der Waals surface area contributed by atoms with Crippen LogP contribution in [0.2, 0.25) is 0 Å². The lowest BCUT2D eigenvalue weighted by molar-refractivity contribution is -0.136. The maximum Gasteiger partial charge on any atom is 0.420 e. The quantitative estimate of drug-likeness (QED) is 0.589. The number of fused-ring (bicyclic) bond motifs is 1. The molecular weight excluding hydrogens is 241 g/mol. The van der Waals surface area contributed by atoms with Crippen LogP contribution in [0.1, 0.15) is 38.0 Å². The van der Waals surface area contributed by atoms with E-state index in [9.17, 15) is 13.2 Å². The number of aryl methyl sites for hydroxylation is 2. The number of halogens is 3. The van der Waals surface area contributed by atoms with Crippen LogP contribution in [-0.4, -0.2) is 0 Å². The largest absolute Gasteiger partial charge is 0.463 e. The van der Waals surface area contributed by atoms with Crippen LogP contribution in [0.3, 0.4) is 0 Å². The fraction of sp³-hybridized carbons (Fsp3) is 0.429. The first-order chi connectivity index (χ1) is 7.89. The van der Waals surface area contributed by atoms with Gasteiger partial charge in [-0.3, -0.25) is 0 Å². The predicted molar refractivity (Wildman–Crippen MR) is 68.8 cm³/mol. The van der Waals surface area contributed by atoms with Crippen molar-refractivity contribution in [1.29, 1.82) is 0 Å². The standard InChI is InChI=1S/C11H9F3O.C2H6.CH4/c1-6-3-7(2)10-8(4-6)9(5-15-10)11(12,13)14;1-2;/h3-5H,1-2H3;1-2H3;1H4. The van der Waals surface area contributed by atoms with E-state index in [0.29, 0.717) is 5.58 Å². The van der Waals surface area contributed by atoms with E-state index in [1.807, 2.05) is 13.8 Å². The Morgan fingerprint density at radius 1 is 1.06 bits per heavy atom. The average Bonchev–Trinajstić information content (AvgIpc) is 2.63. The highest BCUT2D eigenvalue weighted by Crippen LogP contribution is 2.37. The number of benzene rings is 1. The second kappa shape index (κ2) is 5.94. The summed E-state index contributed by atoms with van der Waals surface area (Å²) in [6.45, 7) is 7.50. The summed E-state index contributed by atoms with van der Waals surface area (Å²) in [4.78, 5) is 0. The number of hydrogen-bond acceptors (Lipinski definition) is 1. The van der Waals surface area contributed by atoms with Gasteiger partial charge >= 0.3 is 6.18 Å². The van der Waals surface area contributed by atoms with E-state index >= 15 is 0 Å². The normalized spacial score (nSPS) is 10.6. The Hall–Kier alpha value is -1.45. The first-order valence-corrected chi connectivity index (χ1v) is 5.45. The van der Waals surface area contributed by atoms with Crippen molar-refractivity contribution in [3.8, 4) is 0 Å². The summed E-state index contributed by atoms with van der Waals surface area (Å²) in [5.74, 6) is 0. The highest BCUT2D eigenvalue weighted by Gasteiger charge is 2.34. The van der Waals surface area contributed by atoms with Crippen molar-refractivity contribution in [1.82, 2.24) is 0 Å². The molecule has 4 heteroatoms. The monoisotopic (exact) mass is 260 g/mol. The van der Waals surface area contributed by atoms with E-state index in [4.69, 9.17) is 4.42 Å². The zero-order chi connectivity index (χ0) is 13.2. The third kappa shape index (κ3) is 3.06. The maximum absolute atomic E-state index is 12.6. The first-order valence-electron chi connectivity index (χ1n) is 5.45. The topological polar surface area (TPSA) is 13.1 Å². The third-order valence-corrected chi connectivity index (χ3v) is 2.31. The summed E-state index contributed by atoms with van der Waals surface area (Å²) >= 11 is 0. The zero-order valence-corrected chi connectivity index (χ0v) is 10.3. The SMILES string of the molecule is C.CC.Cc1cc(C)c2occ(C(F)(F)F)c2c1. The Kier molecular flexibility index (Phi) is 5.46. The fourth-order valence-corrected chi connectivity index (χ4v) is 1.71. The van der Waals surface area contributed by atoms with Crippen LogP contribution in [0.15, 0.2) is 22.8 Å². The molecular formula is C14H19F3O. The van der Waals surface area contributed by atoms with Gasteiger partial charge in [-0.25, -0.2) is 0 Å². The Morgan fingerprint density at radius 3 is 2.11 bits per heavy atom. The maximum atomic E-state index is 12.6. The molecule has 1 aromatic heterocycles. The molecule has 102 valence electrons. The molecule has 0 saturated heterocycles. The van der Waals surface area contributed by atoms with Crippen LogP contribution in [0, 0.1) is 13.8 Å². The summed E-state index contributed by atoms with van der Waals surface area (Å²) in [5.41, 5.74) is 1.13. The summed E-state index contributed by atoms with van der Waals surface area (Å²) in [7, 11) is 0. The molecule has 0 aliphatic heterocycles. The Morgan fingerprint density at radius 2 is 1.61 bits per heavy atom. The molecule has 0 aliphatic carbocycles. The second-order valence-corrected chi connectivity index (χ2v) is 3.61. The van der Waals surface area contributed by atoms with Crippen LogP contribution >= 0.6 is 0 Å². The first kappa shape index (κ1) is 16.6. The summed E-state index contributed by atoms with van der Waals surface area (Å²) in [6, 6.07) is 3.29. The van der Waals surface area contributed by atoms with Crippen molar-refractivity contribution in [2.24, 2.45) is 0 Å². The highest BCUT2D eigenvalue weighted by atomic mass is 19.4. The minimum atomic E-state index is -4.36. The average molecular weight is 260 g/mol. The van der Waals surface area contributed by atoms with Gasteiger partial charge in [-0.15, -0.1) is 0 Å². The van der Waals surface area contributed by atoms with Gasteiger partial charge in [0.15, 0.2) is 0 Å². The lowest BCUT2D eigenvalue weighted by Gasteiger charge is -2.04. The molecule has 0 saturated carbocycles. The molecule has 2 aromatic rings. The van der Waals surface area contributed by atoms with E-state index in [1.165, 1.54) is 6.07 Å². The van der Waals surface area contributed by atoms with Gasteiger partial charge in [-0.2, -0.15) is 13.2 Å². The van der Waals surface area contributed by atoms with E-state index in [0.717, 1.165) is 17.4 Å². The molecule has 0 aliphatic rings. The lowest BCUT2D eigenvalue weighted by Crippen LogP contribution is -2.03. The summed E-state index contributed by atoms with van der Waals surface area (Å²) in [6.07, 6.45) is -3.58. The molecule has 0 fully saturated rings. The van der Waals surface area contributed by atoms with Crippen molar-refractivity contribution in [3.63, 3.8) is 0 Å². The highest BCUT2D eigenvalue weighted by molar-refractivity contribution is 5.85. The Bertz CT molecular complexity index is 509. The number of furan rings is 1. The van der Waals surface area contributed by atoms with Crippen LogP contribution < -0.4 is 0 Å². The van der Waals surface area contributed by atoms with Crippen molar-refractivity contribution in [2.45, 2.75) is 41.3 Å². The molecule has 0 spiro atoms. The van der Waals surface area contributed by atoms with Gasteiger partial charge in [0.2, 0.25) is 0 Å². The van der Waals surface area contributed by atoms with E-state index in [1.54, 1.807) is 19.9 Å². The summed E-state index contributed by atoms with van der Waals surface area (Å²) < 4.78 is 42.6. The molecule has 0 radical (unpaired) electrons. The molecule has 0 amide bonds. The molecule has 0 N–H and O–H groups in total. The Labute approximate surface area is 106 Å². The molecule has 0 unspecified atom stereocenters.